The van der Waals surface area contributed by atoms with Gasteiger partial charge in [-0.3, -0.25) is 4.90 Å². The van der Waals surface area contributed by atoms with E-state index in [1.807, 2.05) is 14.1 Å². The first-order chi connectivity index (χ1) is 9.79. The van der Waals surface area contributed by atoms with Crippen LogP contribution in [0.15, 0.2) is 18.2 Å². The second-order valence-electron chi connectivity index (χ2n) is 6.16. The van der Waals surface area contributed by atoms with E-state index in [0.717, 1.165) is 25.2 Å². The fraction of sp³-hybridized carbons (Fsp3) is 0.600. The Morgan fingerprint density at radius 1 is 1.19 bits per heavy atom. The van der Waals surface area contributed by atoms with Crippen molar-refractivity contribution in [1.29, 1.82) is 0 Å². The van der Waals surface area contributed by atoms with E-state index in [1.165, 1.54) is 12.1 Å². The van der Waals surface area contributed by atoms with Crippen molar-refractivity contribution >= 4 is 12.6 Å². The van der Waals surface area contributed by atoms with Crippen molar-refractivity contribution in [2.45, 2.75) is 20.4 Å². The average Bonchev–Trinajstić information content (AvgIpc) is 2.37. The molecule has 0 spiro atoms. The van der Waals surface area contributed by atoms with E-state index in [0.29, 0.717) is 12.5 Å². The first kappa shape index (κ1) is 18.1. The monoisotopic (exact) mass is 296 g/mol. The summed E-state index contributed by atoms with van der Waals surface area (Å²) in [6, 6.07) is 4.52. The zero-order valence-electron chi connectivity index (χ0n) is 13.4. The fourth-order valence-corrected chi connectivity index (χ4v) is 2.24. The van der Waals surface area contributed by atoms with Gasteiger partial charge in [-0.1, -0.05) is 26.0 Å². The summed E-state index contributed by atoms with van der Waals surface area (Å²) in [4.78, 5) is 4.42. The summed E-state index contributed by atoms with van der Waals surface area (Å²) in [5.74, 6) is -0.0482. The molecule has 0 saturated carbocycles. The third-order valence-electron chi connectivity index (χ3n) is 3.23. The Bertz CT molecular complexity index is 442. The van der Waals surface area contributed by atoms with Crippen molar-refractivity contribution < 1.29 is 14.4 Å². The minimum absolute atomic E-state index is 0.0652. The molecular weight excluding hydrogens is 270 g/mol. The van der Waals surface area contributed by atoms with Gasteiger partial charge in [-0.05, 0) is 31.6 Å². The molecule has 0 aliphatic heterocycles. The van der Waals surface area contributed by atoms with E-state index in [9.17, 15) is 14.4 Å². The van der Waals surface area contributed by atoms with E-state index in [-0.39, 0.29) is 5.46 Å². The lowest BCUT2D eigenvalue weighted by molar-refractivity contribution is 0.211. The van der Waals surface area contributed by atoms with Crippen LogP contribution < -0.4 is 5.46 Å². The van der Waals surface area contributed by atoms with Crippen LogP contribution in [0, 0.1) is 11.7 Å². The van der Waals surface area contributed by atoms with Crippen LogP contribution in [0.4, 0.5) is 4.39 Å². The SMILES string of the molecule is CC(C)CN(CCN(C)C)Cc1ccc(F)c(B(O)O)c1. The van der Waals surface area contributed by atoms with Gasteiger partial charge in [-0.25, -0.2) is 4.39 Å². The summed E-state index contributed by atoms with van der Waals surface area (Å²) < 4.78 is 13.5. The number of benzene rings is 1. The molecule has 0 heterocycles. The molecule has 1 aromatic rings. The predicted molar refractivity (Wildman–Crippen MR) is 84.9 cm³/mol. The molecule has 0 bridgehead atoms. The van der Waals surface area contributed by atoms with Crippen LogP contribution in [0.2, 0.25) is 0 Å². The van der Waals surface area contributed by atoms with Crippen LogP contribution in [-0.2, 0) is 6.54 Å². The first-order valence-corrected chi connectivity index (χ1v) is 7.31. The molecule has 0 amide bonds. The van der Waals surface area contributed by atoms with Crippen molar-refractivity contribution in [2.75, 3.05) is 33.7 Å². The highest BCUT2D eigenvalue weighted by Gasteiger charge is 2.18. The van der Waals surface area contributed by atoms with Gasteiger partial charge >= 0.3 is 7.12 Å². The fourth-order valence-electron chi connectivity index (χ4n) is 2.24. The number of rotatable bonds is 8. The zero-order chi connectivity index (χ0) is 16.0. The van der Waals surface area contributed by atoms with E-state index in [2.05, 4.69) is 23.6 Å². The Morgan fingerprint density at radius 2 is 1.86 bits per heavy atom. The maximum atomic E-state index is 13.5. The molecule has 0 saturated heterocycles. The van der Waals surface area contributed by atoms with Gasteiger partial charge in [0.15, 0.2) is 0 Å². The van der Waals surface area contributed by atoms with Gasteiger partial charge in [-0.15, -0.1) is 0 Å². The molecule has 1 rings (SSSR count). The Balaban J connectivity index is 2.79. The van der Waals surface area contributed by atoms with Crippen LogP contribution in [0.3, 0.4) is 0 Å². The Morgan fingerprint density at radius 3 is 2.38 bits per heavy atom. The van der Waals surface area contributed by atoms with Gasteiger partial charge in [0.25, 0.3) is 0 Å². The standard InChI is InChI=1S/C15H26BFN2O2/c1-12(2)10-19(8-7-18(3)4)11-13-5-6-15(17)14(9-13)16(20)21/h5-6,9,12,20-21H,7-8,10-11H2,1-4H3. The quantitative estimate of drug-likeness (QED) is 0.687. The third-order valence-corrected chi connectivity index (χ3v) is 3.23. The minimum atomic E-state index is -1.77. The van der Waals surface area contributed by atoms with Crippen LogP contribution in [0.25, 0.3) is 0 Å². The lowest BCUT2D eigenvalue weighted by Crippen LogP contribution is -2.36. The van der Waals surface area contributed by atoms with Crippen LogP contribution >= 0.6 is 0 Å². The second-order valence-corrected chi connectivity index (χ2v) is 6.16. The average molecular weight is 296 g/mol. The minimum Gasteiger partial charge on any atom is -0.423 e. The highest BCUT2D eigenvalue weighted by molar-refractivity contribution is 6.58. The molecule has 21 heavy (non-hydrogen) atoms. The summed E-state index contributed by atoms with van der Waals surface area (Å²) in [7, 11) is 2.29. The number of hydrogen-bond acceptors (Lipinski definition) is 4. The molecule has 118 valence electrons. The number of likely N-dealkylation sites (N-methyl/N-ethyl adjacent to an activating group) is 1. The maximum Gasteiger partial charge on any atom is 0.491 e. The Hall–Kier alpha value is -0.945. The molecule has 6 heteroatoms. The molecule has 0 aromatic heterocycles. The van der Waals surface area contributed by atoms with Crippen molar-refractivity contribution in [3.8, 4) is 0 Å². The van der Waals surface area contributed by atoms with E-state index in [4.69, 9.17) is 0 Å². The van der Waals surface area contributed by atoms with E-state index in [1.54, 1.807) is 6.07 Å². The van der Waals surface area contributed by atoms with Gasteiger partial charge in [0.1, 0.15) is 5.82 Å². The van der Waals surface area contributed by atoms with Gasteiger partial charge in [-0.2, -0.15) is 0 Å². The summed E-state index contributed by atoms with van der Waals surface area (Å²) in [6.45, 7) is 7.81. The van der Waals surface area contributed by atoms with Crippen LogP contribution in [-0.4, -0.2) is 60.7 Å². The molecule has 4 nitrogen and oxygen atoms in total. The Kier molecular flexibility index (Phi) is 7.32. The highest BCUT2D eigenvalue weighted by atomic mass is 19.1. The predicted octanol–water partition coefficient (Wildman–Crippen LogP) is 0.525. The first-order valence-electron chi connectivity index (χ1n) is 7.31. The van der Waals surface area contributed by atoms with Crippen molar-refractivity contribution in [3.05, 3.63) is 29.6 Å². The van der Waals surface area contributed by atoms with E-state index >= 15 is 0 Å². The lowest BCUT2D eigenvalue weighted by atomic mass is 9.79. The summed E-state index contributed by atoms with van der Waals surface area (Å²) in [5.41, 5.74) is 0.823. The van der Waals surface area contributed by atoms with Crippen LogP contribution in [0.1, 0.15) is 19.4 Å². The molecular formula is C15H26BFN2O2. The van der Waals surface area contributed by atoms with Gasteiger partial charge < -0.3 is 14.9 Å². The van der Waals surface area contributed by atoms with E-state index < -0.39 is 12.9 Å². The highest BCUT2D eigenvalue weighted by Crippen LogP contribution is 2.08. The van der Waals surface area contributed by atoms with Crippen LogP contribution in [0.5, 0.6) is 0 Å². The third kappa shape index (κ3) is 6.57. The molecule has 0 aliphatic carbocycles. The van der Waals surface area contributed by atoms with Gasteiger partial charge in [0.05, 0.1) is 0 Å². The van der Waals surface area contributed by atoms with Crippen molar-refractivity contribution in [3.63, 3.8) is 0 Å². The number of nitrogens with zero attached hydrogens (tertiary/aromatic N) is 2. The smallest absolute Gasteiger partial charge is 0.423 e. The zero-order valence-corrected chi connectivity index (χ0v) is 13.4. The van der Waals surface area contributed by atoms with Crippen molar-refractivity contribution in [1.82, 2.24) is 9.80 Å². The van der Waals surface area contributed by atoms with Gasteiger partial charge in [0.2, 0.25) is 0 Å². The number of hydrogen-bond donors (Lipinski definition) is 2. The van der Waals surface area contributed by atoms with Gasteiger partial charge in [0, 0.05) is 31.6 Å². The number of halogens is 1. The second kappa shape index (κ2) is 8.49. The molecule has 2 N–H and O–H groups in total. The summed E-state index contributed by atoms with van der Waals surface area (Å²) >= 11 is 0. The topological polar surface area (TPSA) is 46.9 Å². The largest absolute Gasteiger partial charge is 0.491 e. The van der Waals surface area contributed by atoms with Crippen molar-refractivity contribution in [2.24, 2.45) is 5.92 Å². The Labute approximate surface area is 127 Å². The molecule has 0 atom stereocenters. The molecule has 0 unspecified atom stereocenters. The summed E-state index contributed by atoms with van der Waals surface area (Å²) in [5, 5.41) is 18.4. The molecule has 0 aliphatic rings. The maximum absolute atomic E-state index is 13.5. The lowest BCUT2D eigenvalue weighted by Gasteiger charge is -2.26. The molecule has 0 radical (unpaired) electrons. The summed E-state index contributed by atoms with van der Waals surface area (Å²) in [6.07, 6.45) is 0. The molecule has 0 fully saturated rings. The molecule has 1 aromatic carbocycles. The normalized spacial score (nSPS) is 11.7.